The number of amides is 5. The van der Waals surface area contributed by atoms with E-state index in [1.165, 1.54) is 6.33 Å². The lowest BCUT2D eigenvalue weighted by molar-refractivity contribution is -0.137. The van der Waals surface area contributed by atoms with E-state index in [0.29, 0.717) is 60.0 Å². The number of likely N-dealkylation sites (tertiary alicyclic amines) is 2. The van der Waals surface area contributed by atoms with Crippen LogP contribution in [-0.4, -0.2) is 103 Å². The topological polar surface area (TPSA) is 186 Å². The Morgan fingerprint density at radius 1 is 0.895 bits per heavy atom. The molecule has 2 atom stereocenters. The molecular weight excluding hydrogens is 727 g/mol. The van der Waals surface area contributed by atoms with Crippen LogP contribution in [0.1, 0.15) is 58.0 Å². The molecule has 3 saturated heterocycles. The molecule has 9 rings (SSSR count). The van der Waals surface area contributed by atoms with E-state index in [-0.39, 0.29) is 48.4 Å². The zero-order valence-electron chi connectivity index (χ0n) is 30.8. The molecule has 0 radical (unpaired) electrons. The summed E-state index contributed by atoms with van der Waals surface area (Å²) in [6, 6.07) is 20.9. The molecule has 57 heavy (non-hydrogen) atoms. The Labute approximate surface area is 326 Å². The Morgan fingerprint density at radius 2 is 1.67 bits per heavy atom. The van der Waals surface area contributed by atoms with E-state index in [2.05, 4.69) is 32.0 Å². The molecule has 0 bridgehead atoms. The van der Waals surface area contributed by atoms with Crippen molar-refractivity contribution >= 4 is 46.4 Å². The second kappa shape index (κ2) is 14.6. The monoisotopic (exact) mass is 763 g/mol. The van der Waals surface area contributed by atoms with Crippen molar-refractivity contribution in [3.8, 4) is 34.6 Å². The van der Waals surface area contributed by atoms with Crippen LogP contribution in [0.5, 0.6) is 11.5 Å². The molecule has 6 heterocycles. The molecule has 0 saturated carbocycles. The lowest BCUT2D eigenvalue weighted by atomic mass is 9.99. The Morgan fingerprint density at radius 3 is 2.46 bits per heavy atom. The van der Waals surface area contributed by atoms with Gasteiger partial charge in [-0.1, -0.05) is 30.0 Å². The van der Waals surface area contributed by atoms with Crippen molar-refractivity contribution in [1.82, 2.24) is 39.8 Å². The van der Waals surface area contributed by atoms with Gasteiger partial charge in [-0.15, -0.1) is 0 Å². The highest BCUT2D eigenvalue weighted by atomic mass is 16.5. The van der Waals surface area contributed by atoms with E-state index >= 15 is 0 Å². The van der Waals surface area contributed by atoms with Crippen LogP contribution in [0.2, 0.25) is 0 Å². The van der Waals surface area contributed by atoms with Crippen LogP contribution in [0, 0.1) is 17.8 Å². The summed E-state index contributed by atoms with van der Waals surface area (Å²) in [4.78, 5) is 77.5. The van der Waals surface area contributed by atoms with Crippen LogP contribution in [0.15, 0.2) is 79.1 Å². The molecule has 4 aliphatic rings. The van der Waals surface area contributed by atoms with Crippen molar-refractivity contribution in [3.63, 3.8) is 0 Å². The second-order valence-electron chi connectivity index (χ2n) is 14.7. The third kappa shape index (κ3) is 6.84. The molecule has 15 nitrogen and oxygen atoms in total. The number of hydrogen-bond donors (Lipinski definition) is 2. The Balaban J connectivity index is 0.823. The maximum Gasteiger partial charge on any atom is 0.262 e. The largest absolute Gasteiger partial charge is 0.457 e. The second-order valence-corrected chi connectivity index (χ2v) is 14.7. The number of nitrogens with zero attached hydrogens (tertiary/aromatic N) is 7. The molecule has 5 amide bonds. The molecule has 3 aromatic carbocycles. The number of anilines is 1. The summed E-state index contributed by atoms with van der Waals surface area (Å²) in [5.41, 5.74) is 9.51. The minimum Gasteiger partial charge on any atom is -0.457 e. The normalized spacial score (nSPS) is 19.9. The number of imide groups is 2. The zero-order chi connectivity index (χ0) is 39.2. The van der Waals surface area contributed by atoms with Crippen molar-refractivity contribution < 1.29 is 28.7 Å². The summed E-state index contributed by atoms with van der Waals surface area (Å²) < 4.78 is 7.86. The summed E-state index contributed by atoms with van der Waals surface area (Å²) in [5.74, 6) is 5.99. The number of rotatable bonds is 7. The number of fused-ring (bicyclic) bond motifs is 2. The minimum absolute atomic E-state index is 0.0355. The van der Waals surface area contributed by atoms with Crippen LogP contribution < -0.4 is 15.8 Å². The van der Waals surface area contributed by atoms with Gasteiger partial charge in [0.15, 0.2) is 5.65 Å². The fourth-order valence-electron chi connectivity index (χ4n) is 7.95. The number of nitrogens with two attached hydrogens (primary N) is 1. The van der Waals surface area contributed by atoms with Gasteiger partial charge in [0.05, 0.1) is 29.1 Å². The number of carbonyl (C=O) groups is 5. The van der Waals surface area contributed by atoms with Gasteiger partial charge in [-0.3, -0.25) is 39.1 Å². The summed E-state index contributed by atoms with van der Waals surface area (Å²) in [5, 5.41) is 7.89. The van der Waals surface area contributed by atoms with E-state index in [1.807, 2.05) is 64.2 Å². The minimum atomic E-state index is -1.02. The molecule has 3 fully saturated rings. The summed E-state index contributed by atoms with van der Waals surface area (Å²) in [6.07, 6.45) is 3.23. The number of hydrogen-bond acceptors (Lipinski definition) is 11. The van der Waals surface area contributed by atoms with Crippen LogP contribution in [0.3, 0.4) is 0 Å². The number of carbonyl (C=O) groups excluding carboxylic acids is 5. The highest BCUT2D eigenvalue weighted by molar-refractivity contribution is 6.23. The van der Waals surface area contributed by atoms with Gasteiger partial charge < -0.3 is 15.4 Å². The van der Waals surface area contributed by atoms with E-state index in [1.54, 1.807) is 18.2 Å². The lowest BCUT2D eigenvalue weighted by Crippen LogP contribution is -2.54. The quantitative estimate of drug-likeness (QED) is 0.183. The molecule has 5 aromatic rings. The average Bonchev–Trinajstić information content (AvgIpc) is 3.71. The van der Waals surface area contributed by atoms with Gasteiger partial charge in [-0.25, -0.2) is 14.6 Å². The number of benzene rings is 3. The SMILES string of the molecule is Nc1ncnc2c1c(-c1ccc(Oc3ccccc3)cc1)nn2[C@@H]1CCCN(C(=O)CN2CC(C#Cc3ccc4c(c3)C(=O)N(C3CCC(=O)NC3=O)C4=O)C2)C1. The van der Waals surface area contributed by atoms with Gasteiger partial charge in [-0.2, -0.15) is 5.10 Å². The maximum atomic E-state index is 13.6. The molecular formula is C42H37N9O6. The van der Waals surface area contributed by atoms with Gasteiger partial charge >= 0.3 is 0 Å². The van der Waals surface area contributed by atoms with Gasteiger partial charge in [0.25, 0.3) is 11.8 Å². The molecule has 2 aromatic heterocycles. The van der Waals surface area contributed by atoms with E-state index in [0.717, 1.165) is 29.1 Å². The molecule has 15 heteroatoms. The van der Waals surface area contributed by atoms with E-state index in [4.69, 9.17) is 15.6 Å². The first-order valence-corrected chi connectivity index (χ1v) is 18.9. The lowest BCUT2D eigenvalue weighted by Gasteiger charge is -2.39. The number of piperidine rings is 2. The standard InChI is InChI=1S/C42H37N9O6/c43-38-36-37(27-11-13-30(14-12-27)57-29-6-2-1-3-7-29)47-51(39(36)45-24-44-38)28-5-4-18-49(22-28)35(53)23-48-20-26(21-48)9-8-25-10-15-31-32(19-25)42(56)50(41(31)55)33-16-17-34(52)46-40(33)54/h1-3,6-7,10-15,19,24,26,28,33H,4-5,16-18,20-23H2,(H2,43,44,45)(H,46,52,54)/t28-,33?/m1/s1. The van der Waals surface area contributed by atoms with Crippen molar-refractivity contribution in [3.05, 3.63) is 95.8 Å². The fourth-order valence-corrected chi connectivity index (χ4v) is 7.95. The molecule has 4 aliphatic heterocycles. The molecule has 1 unspecified atom stereocenters. The van der Waals surface area contributed by atoms with Gasteiger partial charge in [-0.05, 0) is 73.9 Å². The van der Waals surface area contributed by atoms with Crippen LogP contribution >= 0.6 is 0 Å². The van der Waals surface area contributed by atoms with Crippen LogP contribution in [-0.2, 0) is 14.4 Å². The van der Waals surface area contributed by atoms with Crippen molar-refractivity contribution in [2.45, 2.75) is 37.8 Å². The number of para-hydroxylation sites is 1. The first kappa shape index (κ1) is 35.8. The number of aromatic nitrogens is 4. The smallest absolute Gasteiger partial charge is 0.262 e. The fraction of sp³-hybridized carbons (Fsp3) is 0.286. The number of nitrogen functional groups attached to an aromatic ring is 1. The summed E-state index contributed by atoms with van der Waals surface area (Å²) in [7, 11) is 0. The molecule has 3 N–H and O–H groups in total. The van der Waals surface area contributed by atoms with E-state index in [9.17, 15) is 24.0 Å². The first-order valence-electron chi connectivity index (χ1n) is 18.9. The predicted molar refractivity (Wildman–Crippen MR) is 206 cm³/mol. The molecule has 0 spiro atoms. The van der Waals surface area contributed by atoms with Crippen molar-refractivity contribution in [1.29, 1.82) is 0 Å². The number of nitrogens with one attached hydrogen (secondary N) is 1. The summed E-state index contributed by atoms with van der Waals surface area (Å²) in [6.45, 7) is 2.66. The third-order valence-corrected chi connectivity index (χ3v) is 10.9. The Hall–Kier alpha value is -6.92. The Kier molecular flexibility index (Phi) is 9.18. The summed E-state index contributed by atoms with van der Waals surface area (Å²) >= 11 is 0. The van der Waals surface area contributed by atoms with Crippen LogP contribution in [0.25, 0.3) is 22.3 Å². The van der Waals surface area contributed by atoms with Crippen molar-refractivity contribution in [2.75, 3.05) is 38.5 Å². The van der Waals surface area contributed by atoms with Crippen molar-refractivity contribution in [2.24, 2.45) is 5.92 Å². The first-order chi connectivity index (χ1) is 27.7. The average molecular weight is 764 g/mol. The highest BCUT2D eigenvalue weighted by Gasteiger charge is 2.44. The maximum absolute atomic E-state index is 13.6. The van der Waals surface area contributed by atoms with E-state index < -0.39 is 29.7 Å². The molecule has 0 aliphatic carbocycles. The predicted octanol–water partition coefficient (Wildman–Crippen LogP) is 3.42. The Bertz CT molecular complexity index is 2520. The van der Waals surface area contributed by atoms with Gasteiger partial charge in [0.1, 0.15) is 35.4 Å². The third-order valence-electron chi connectivity index (χ3n) is 10.9. The highest BCUT2D eigenvalue weighted by Crippen LogP contribution is 2.35. The number of ether oxygens (including phenoxy) is 1. The van der Waals surface area contributed by atoms with Gasteiger partial charge in [0, 0.05) is 49.6 Å². The zero-order valence-corrected chi connectivity index (χ0v) is 30.8. The molecule has 286 valence electrons. The van der Waals surface area contributed by atoms with Crippen LogP contribution in [0.4, 0.5) is 5.82 Å². The van der Waals surface area contributed by atoms with Gasteiger partial charge in [0.2, 0.25) is 17.7 Å².